The molecular weight excluding hydrogens is 527 g/mol. The van der Waals surface area contributed by atoms with Crippen molar-refractivity contribution in [3.8, 4) is 16.9 Å². The average Bonchev–Trinajstić information content (AvgIpc) is 3.20. The van der Waals surface area contributed by atoms with Gasteiger partial charge in [-0.05, 0) is 93.0 Å². The molecule has 2 N–H and O–H groups in total. The van der Waals surface area contributed by atoms with Crippen LogP contribution in [0.5, 0.6) is 0 Å². The quantitative estimate of drug-likeness (QED) is 0.309. The minimum atomic E-state index is -0.191. The number of carbonyl (C=O) groups is 1. The minimum absolute atomic E-state index is 0.191. The normalized spacial score (nSPS) is 26.0. The van der Waals surface area contributed by atoms with Gasteiger partial charge in [0.25, 0.3) is 5.91 Å². The van der Waals surface area contributed by atoms with Crippen LogP contribution in [0.3, 0.4) is 0 Å². The van der Waals surface area contributed by atoms with Gasteiger partial charge in [-0.2, -0.15) is 5.10 Å². The molecule has 0 unspecified atom stereocenters. The number of carbonyl (C=O) groups excluding carboxylic acids is 1. The van der Waals surface area contributed by atoms with Crippen LogP contribution < -0.4 is 10.6 Å². The molecule has 194 valence electrons. The van der Waals surface area contributed by atoms with Crippen molar-refractivity contribution in [1.29, 1.82) is 0 Å². The van der Waals surface area contributed by atoms with Gasteiger partial charge in [-0.15, -0.1) is 0 Å². The zero-order valence-corrected chi connectivity index (χ0v) is 23.1. The largest absolute Gasteiger partial charge is 0.349 e. The summed E-state index contributed by atoms with van der Waals surface area (Å²) in [6.07, 6.45) is 6.99. The lowest BCUT2D eigenvalue weighted by Crippen LogP contribution is -2.55. The van der Waals surface area contributed by atoms with Gasteiger partial charge in [-0.1, -0.05) is 46.9 Å². The van der Waals surface area contributed by atoms with Gasteiger partial charge >= 0.3 is 0 Å². The minimum Gasteiger partial charge on any atom is -0.349 e. The second-order valence-electron chi connectivity index (χ2n) is 11.0. The van der Waals surface area contributed by atoms with E-state index in [1.54, 1.807) is 16.8 Å². The van der Waals surface area contributed by atoms with Crippen molar-refractivity contribution in [3.63, 3.8) is 0 Å². The maximum atomic E-state index is 13.3. The van der Waals surface area contributed by atoms with Crippen molar-refractivity contribution in [2.75, 3.05) is 13.1 Å². The topological polar surface area (TPSA) is 59.0 Å². The van der Waals surface area contributed by atoms with E-state index in [4.69, 9.17) is 39.9 Å². The Morgan fingerprint density at radius 2 is 1.57 bits per heavy atom. The molecule has 4 aliphatic carbocycles. The molecule has 4 aliphatic rings. The Kier molecular flexibility index (Phi) is 7.00. The highest BCUT2D eigenvalue weighted by atomic mass is 35.5. The van der Waals surface area contributed by atoms with E-state index in [-0.39, 0.29) is 5.91 Å². The van der Waals surface area contributed by atoms with Crippen LogP contribution in [0.2, 0.25) is 15.1 Å². The first-order valence-electron chi connectivity index (χ1n) is 13.2. The van der Waals surface area contributed by atoms with E-state index < -0.39 is 0 Å². The van der Waals surface area contributed by atoms with Crippen LogP contribution in [0.4, 0.5) is 0 Å². The molecule has 0 aliphatic heterocycles. The molecule has 5 nitrogen and oxygen atoms in total. The number of halogens is 3. The molecule has 2 aromatic carbocycles. The molecule has 0 spiro atoms. The molecule has 0 radical (unpaired) electrons. The number of rotatable bonds is 7. The van der Waals surface area contributed by atoms with Gasteiger partial charge in [-0.25, -0.2) is 4.68 Å². The van der Waals surface area contributed by atoms with E-state index in [0.29, 0.717) is 39.0 Å². The number of aromatic nitrogens is 2. The lowest BCUT2D eigenvalue weighted by Gasteiger charge is -2.54. The van der Waals surface area contributed by atoms with Crippen LogP contribution in [0.1, 0.15) is 48.2 Å². The van der Waals surface area contributed by atoms with Crippen molar-refractivity contribution >= 4 is 40.7 Å². The maximum absolute atomic E-state index is 13.3. The molecule has 0 atom stereocenters. The summed E-state index contributed by atoms with van der Waals surface area (Å²) < 4.78 is 1.72. The number of hydrogen-bond donors (Lipinski definition) is 2. The van der Waals surface area contributed by atoms with E-state index in [0.717, 1.165) is 47.0 Å². The number of nitrogens with zero attached hydrogens (tertiary/aromatic N) is 2. The molecule has 7 rings (SSSR count). The van der Waals surface area contributed by atoms with Gasteiger partial charge in [0.1, 0.15) is 0 Å². The summed E-state index contributed by atoms with van der Waals surface area (Å²) in [5.41, 5.74) is 3.49. The number of benzene rings is 2. The fourth-order valence-electron chi connectivity index (χ4n) is 7.24. The number of amides is 1. The Morgan fingerprint density at radius 1 is 0.919 bits per heavy atom. The molecule has 1 amide bonds. The molecular formula is C29H31Cl3N4O. The summed E-state index contributed by atoms with van der Waals surface area (Å²) in [6, 6.07) is 13.4. The third-order valence-corrected chi connectivity index (χ3v) is 9.40. The summed E-state index contributed by atoms with van der Waals surface area (Å²) in [6.45, 7) is 3.25. The Bertz CT molecular complexity index is 1290. The van der Waals surface area contributed by atoms with E-state index in [1.807, 2.05) is 37.3 Å². The molecule has 1 heterocycles. The van der Waals surface area contributed by atoms with Crippen molar-refractivity contribution in [1.82, 2.24) is 20.4 Å². The van der Waals surface area contributed by atoms with Crippen molar-refractivity contribution in [2.45, 2.75) is 45.1 Å². The van der Waals surface area contributed by atoms with Gasteiger partial charge in [0.05, 0.1) is 16.4 Å². The first-order chi connectivity index (χ1) is 17.9. The van der Waals surface area contributed by atoms with Crippen LogP contribution in [0.15, 0.2) is 42.5 Å². The Morgan fingerprint density at radius 3 is 2.22 bits per heavy atom. The monoisotopic (exact) mass is 556 g/mol. The van der Waals surface area contributed by atoms with Crippen LogP contribution in [0.25, 0.3) is 16.9 Å². The Labute approximate surface area is 232 Å². The van der Waals surface area contributed by atoms with Crippen LogP contribution in [-0.4, -0.2) is 34.8 Å². The predicted molar refractivity (Wildman–Crippen MR) is 150 cm³/mol. The first kappa shape index (κ1) is 25.2. The van der Waals surface area contributed by atoms with E-state index in [2.05, 4.69) is 10.6 Å². The van der Waals surface area contributed by atoms with Crippen molar-refractivity contribution in [3.05, 3.63) is 68.8 Å². The fourth-order valence-corrected chi connectivity index (χ4v) is 7.86. The second-order valence-corrected chi connectivity index (χ2v) is 12.3. The van der Waals surface area contributed by atoms with Crippen LogP contribution >= 0.6 is 34.8 Å². The smallest absolute Gasteiger partial charge is 0.272 e. The lowest BCUT2D eigenvalue weighted by molar-refractivity contribution is -0.0133. The molecule has 3 aromatic rings. The molecule has 0 saturated heterocycles. The van der Waals surface area contributed by atoms with Crippen LogP contribution in [0, 0.1) is 30.6 Å². The number of nitrogens with one attached hydrogen (secondary N) is 2. The van der Waals surface area contributed by atoms with Crippen LogP contribution in [-0.2, 0) is 0 Å². The summed E-state index contributed by atoms with van der Waals surface area (Å²) in [7, 11) is 0. The van der Waals surface area contributed by atoms with E-state index in [9.17, 15) is 4.79 Å². The summed E-state index contributed by atoms with van der Waals surface area (Å²) >= 11 is 18.8. The zero-order valence-electron chi connectivity index (χ0n) is 20.8. The molecule has 1 aromatic heterocycles. The fraction of sp³-hybridized carbons (Fsp3) is 0.448. The highest BCUT2D eigenvalue weighted by molar-refractivity contribution is 6.35. The van der Waals surface area contributed by atoms with E-state index >= 15 is 0 Å². The Balaban J connectivity index is 1.19. The maximum Gasteiger partial charge on any atom is 0.272 e. The third kappa shape index (κ3) is 4.92. The summed E-state index contributed by atoms with van der Waals surface area (Å²) in [4.78, 5) is 13.3. The standard InChI is InChI=1S/C29H31Cl3N4O/c1-16-26(29(37)34-9-8-33-27-20-11-17-10-18(13-20)14-21(27)12-17)35-36(25-7-6-23(31)15-24(25)32)28(16)19-2-4-22(30)5-3-19/h2-7,15,17-18,20-21,27,33H,8-14H2,1H3,(H,34,37). The average molecular weight is 558 g/mol. The summed E-state index contributed by atoms with van der Waals surface area (Å²) in [5.74, 6) is 3.36. The number of hydrogen-bond acceptors (Lipinski definition) is 3. The lowest BCUT2D eigenvalue weighted by atomic mass is 9.54. The predicted octanol–water partition coefficient (Wildman–Crippen LogP) is 6.95. The molecule has 8 heteroatoms. The van der Waals surface area contributed by atoms with Gasteiger partial charge < -0.3 is 10.6 Å². The SMILES string of the molecule is Cc1c(C(=O)NCCNC2C3CC4CC(C3)CC2C4)nn(-c2ccc(Cl)cc2Cl)c1-c1ccc(Cl)cc1. The zero-order chi connectivity index (χ0) is 25.7. The first-order valence-corrected chi connectivity index (χ1v) is 14.3. The highest BCUT2D eigenvalue weighted by Gasteiger charge is 2.47. The van der Waals surface area contributed by atoms with Gasteiger partial charge in [0.2, 0.25) is 0 Å². The molecule has 4 saturated carbocycles. The summed E-state index contributed by atoms with van der Waals surface area (Å²) in [5, 5.41) is 13.2. The Hall–Kier alpha value is -2.05. The van der Waals surface area contributed by atoms with Crippen molar-refractivity contribution < 1.29 is 4.79 Å². The third-order valence-electron chi connectivity index (χ3n) is 8.61. The highest BCUT2D eigenvalue weighted by Crippen LogP contribution is 2.53. The molecule has 37 heavy (non-hydrogen) atoms. The van der Waals surface area contributed by atoms with Crippen molar-refractivity contribution in [2.24, 2.45) is 23.7 Å². The second kappa shape index (κ2) is 10.3. The molecule has 4 bridgehead atoms. The van der Waals surface area contributed by atoms with Gasteiger partial charge in [0.15, 0.2) is 5.69 Å². The molecule has 4 fully saturated rings. The van der Waals surface area contributed by atoms with Gasteiger partial charge in [0, 0.05) is 40.3 Å². The van der Waals surface area contributed by atoms with Gasteiger partial charge in [-0.3, -0.25) is 4.79 Å². The van der Waals surface area contributed by atoms with E-state index in [1.165, 1.54) is 32.1 Å².